The molecule has 174 valence electrons. The standard InChI is InChI=1S/C25H30Cl2N6/c26-20-2-1-3-21(22(20)27)33-14-12-32(13-15-33)11-10-24-4-7-25(8-5-24,9-6-24)31-23-29-17-19(16-28)18-30-23/h1-3,17-18H,4-15H2,(H,29,30,31). The van der Waals surface area contributed by atoms with Crippen molar-refractivity contribution in [3.8, 4) is 6.07 Å². The largest absolute Gasteiger partial charge is 0.368 e. The third kappa shape index (κ3) is 4.77. The minimum atomic E-state index is 0.123. The number of nitrogens with one attached hydrogen (secondary N) is 1. The van der Waals surface area contributed by atoms with E-state index < -0.39 is 0 Å². The molecule has 33 heavy (non-hydrogen) atoms. The maximum absolute atomic E-state index is 8.95. The van der Waals surface area contributed by atoms with Crippen molar-refractivity contribution in [3.63, 3.8) is 0 Å². The summed E-state index contributed by atoms with van der Waals surface area (Å²) in [6.45, 7) is 5.30. The Morgan fingerprint density at radius 2 is 1.64 bits per heavy atom. The third-order valence-corrected chi connectivity index (χ3v) is 8.97. The number of rotatable bonds is 6. The van der Waals surface area contributed by atoms with Gasteiger partial charge in [0, 0.05) is 31.7 Å². The average Bonchev–Trinajstić information content (AvgIpc) is 2.86. The van der Waals surface area contributed by atoms with Crippen LogP contribution in [-0.2, 0) is 0 Å². The van der Waals surface area contributed by atoms with Gasteiger partial charge in [-0.25, -0.2) is 9.97 Å². The molecule has 2 bridgehead atoms. The van der Waals surface area contributed by atoms with Crippen molar-refractivity contribution < 1.29 is 0 Å². The van der Waals surface area contributed by atoms with E-state index in [0.29, 0.717) is 27.0 Å². The molecule has 4 fully saturated rings. The molecular formula is C25H30Cl2N6. The molecule has 3 saturated carbocycles. The highest BCUT2D eigenvalue weighted by Crippen LogP contribution is 2.55. The Bertz CT molecular complexity index is 1000. The van der Waals surface area contributed by atoms with Gasteiger partial charge in [0.1, 0.15) is 6.07 Å². The predicted octanol–water partition coefficient (Wildman–Crippen LogP) is 5.37. The zero-order chi connectivity index (χ0) is 22.9. The lowest BCUT2D eigenvalue weighted by Gasteiger charge is -2.54. The Labute approximate surface area is 205 Å². The Morgan fingerprint density at radius 3 is 2.27 bits per heavy atom. The molecule has 1 aliphatic heterocycles. The van der Waals surface area contributed by atoms with Gasteiger partial charge in [-0.05, 0) is 69.0 Å². The minimum Gasteiger partial charge on any atom is -0.368 e. The molecule has 0 radical (unpaired) electrons. The molecule has 6 rings (SSSR count). The zero-order valence-electron chi connectivity index (χ0n) is 18.9. The molecular weight excluding hydrogens is 455 g/mol. The number of halogens is 2. The molecule has 1 aromatic heterocycles. The predicted molar refractivity (Wildman–Crippen MR) is 133 cm³/mol. The van der Waals surface area contributed by atoms with Crippen LogP contribution >= 0.6 is 23.2 Å². The number of benzene rings is 1. The summed E-state index contributed by atoms with van der Waals surface area (Å²) in [5.74, 6) is 0.654. The fourth-order valence-electron chi connectivity index (χ4n) is 5.86. The van der Waals surface area contributed by atoms with Crippen LogP contribution in [0.2, 0.25) is 10.0 Å². The van der Waals surface area contributed by atoms with Crippen LogP contribution in [0.4, 0.5) is 11.6 Å². The smallest absolute Gasteiger partial charge is 0.223 e. The highest BCUT2D eigenvalue weighted by molar-refractivity contribution is 6.43. The highest BCUT2D eigenvalue weighted by atomic mass is 35.5. The summed E-state index contributed by atoms with van der Waals surface area (Å²) in [6, 6.07) is 7.97. The fraction of sp³-hybridized carbons (Fsp3) is 0.560. The lowest BCUT2D eigenvalue weighted by molar-refractivity contribution is 0.0365. The molecule has 0 amide bonds. The quantitative estimate of drug-likeness (QED) is 0.593. The van der Waals surface area contributed by atoms with Gasteiger partial charge in [0.2, 0.25) is 5.95 Å². The number of nitrogens with zero attached hydrogens (tertiary/aromatic N) is 5. The Kier molecular flexibility index (Phi) is 6.39. The summed E-state index contributed by atoms with van der Waals surface area (Å²) in [5.41, 5.74) is 2.16. The summed E-state index contributed by atoms with van der Waals surface area (Å²) in [4.78, 5) is 13.6. The number of hydrogen-bond acceptors (Lipinski definition) is 6. The zero-order valence-corrected chi connectivity index (χ0v) is 20.4. The van der Waals surface area contributed by atoms with Crippen molar-refractivity contribution >= 4 is 34.8 Å². The first-order valence-corrected chi connectivity index (χ1v) is 12.7. The number of nitriles is 1. The maximum Gasteiger partial charge on any atom is 0.223 e. The first-order chi connectivity index (χ1) is 16.0. The fourth-order valence-corrected chi connectivity index (χ4v) is 6.27. The van der Waals surface area contributed by atoms with Crippen LogP contribution in [0.1, 0.15) is 50.5 Å². The molecule has 0 atom stereocenters. The molecule has 2 heterocycles. The minimum absolute atomic E-state index is 0.123. The van der Waals surface area contributed by atoms with Crippen LogP contribution in [0.3, 0.4) is 0 Å². The molecule has 0 spiro atoms. The molecule has 8 heteroatoms. The van der Waals surface area contributed by atoms with Crippen molar-refractivity contribution in [1.82, 2.24) is 14.9 Å². The van der Waals surface area contributed by atoms with Crippen molar-refractivity contribution in [2.75, 3.05) is 42.9 Å². The van der Waals surface area contributed by atoms with Gasteiger partial charge in [0.05, 0.1) is 33.7 Å². The van der Waals surface area contributed by atoms with Crippen LogP contribution in [0, 0.1) is 16.7 Å². The van der Waals surface area contributed by atoms with E-state index in [4.69, 9.17) is 28.5 Å². The second kappa shape index (κ2) is 9.29. The van der Waals surface area contributed by atoms with E-state index in [1.807, 2.05) is 12.1 Å². The van der Waals surface area contributed by atoms with Crippen LogP contribution in [0.5, 0.6) is 0 Å². The third-order valence-electron chi connectivity index (χ3n) is 8.16. The van der Waals surface area contributed by atoms with E-state index in [1.165, 1.54) is 51.5 Å². The normalized spacial score (nSPS) is 27.4. The summed E-state index contributed by atoms with van der Waals surface area (Å²) in [6.07, 6.45) is 11.8. The topological polar surface area (TPSA) is 68.1 Å². The SMILES string of the molecule is N#Cc1cnc(NC23CCC(CCN4CCN(c5cccc(Cl)c5Cl)CC4)(CC2)CC3)nc1. The molecule has 1 N–H and O–H groups in total. The van der Waals surface area contributed by atoms with Gasteiger partial charge in [-0.15, -0.1) is 0 Å². The number of fused-ring (bicyclic) bond motifs is 3. The van der Waals surface area contributed by atoms with Gasteiger partial charge in [-0.2, -0.15) is 5.26 Å². The number of anilines is 2. The van der Waals surface area contributed by atoms with Gasteiger partial charge in [0.25, 0.3) is 0 Å². The second-order valence-corrected chi connectivity index (χ2v) is 10.7. The molecule has 1 saturated heterocycles. The first-order valence-electron chi connectivity index (χ1n) is 11.9. The monoisotopic (exact) mass is 484 g/mol. The lowest BCUT2D eigenvalue weighted by atomic mass is 9.56. The van der Waals surface area contributed by atoms with Crippen molar-refractivity contribution in [1.29, 1.82) is 5.26 Å². The number of piperazine rings is 1. The second-order valence-electron chi connectivity index (χ2n) is 9.96. The summed E-state index contributed by atoms with van der Waals surface area (Å²) >= 11 is 12.6. The summed E-state index contributed by atoms with van der Waals surface area (Å²) in [7, 11) is 0. The number of aromatic nitrogens is 2. The van der Waals surface area contributed by atoms with Gasteiger partial charge in [-0.3, -0.25) is 4.90 Å². The molecule has 0 unspecified atom stereocenters. The van der Waals surface area contributed by atoms with E-state index in [1.54, 1.807) is 12.4 Å². The van der Waals surface area contributed by atoms with Crippen molar-refractivity contribution in [2.24, 2.45) is 5.41 Å². The van der Waals surface area contributed by atoms with Crippen LogP contribution in [0.15, 0.2) is 30.6 Å². The Morgan fingerprint density at radius 1 is 0.970 bits per heavy atom. The first kappa shape index (κ1) is 22.7. The van der Waals surface area contributed by atoms with Gasteiger partial charge in [-0.1, -0.05) is 29.3 Å². The number of hydrogen-bond donors (Lipinski definition) is 1. The Balaban J connectivity index is 1.11. The van der Waals surface area contributed by atoms with Crippen molar-refractivity contribution in [2.45, 2.75) is 50.5 Å². The van der Waals surface area contributed by atoms with E-state index in [2.05, 4.69) is 37.2 Å². The van der Waals surface area contributed by atoms with E-state index in [0.717, 1.165) is 31.9 Å². The van der Waals surface area contributed by atoms with Crippen LogP contribution < -0.4 is 10.2 Å². The molecule has 3 aliphatic carbocycles. The van der Waals surface area contributed by atoms with Gasteiger partial charge >= 0.3 is 0 Å². The van der Waals surface area contributed by atoms with Gasteiger partial charge < -0.3 is 10.2 Å². The van der Waals surface area contributed by atoms with Gasteiger partial charge in [0.15, 0.2) is 0 Å². The van der Waals surface area contributed by atoms with Crippen LogP contribution in [-0.4, -0.2) is 53.1 Å². The van der Waals surface area contributed by atoms with E-state index in [9.17, 15) is 0 Å². The van der Waals surface area contributed by atoms with E-state index in [-0.39, 0.29) is 5.54 Å². The van der Waals surface area contributed by atoms with Crippen molar-refractivity contribution in [3.05, 3.63) is 46.2 Å². The van der Waals surface area contributed by atoms with E-state index >= 15 is 0 Å². The Hall–Kier alpha value is -2.07. The molecule has 1 aromatic carbocycles. The summed E-state index contributed by atoms with van der Waals surface area (Å²) in [5, 5.41) is 13.9. The maximum atomic E-state index is 8.95. The lowest BCUT2D eigenvalue weighted by Crippen LogP contribution is -2.52. The highest BCUT2D eigenvalue weighted by Gasteiger charge is 2.48. The van der Waals surface area contributed by atoms with Crippen LogP contribution in [0.25, 0.3) is 0 Å². The average molecular weight is 485 g/mol. The summed E-state index contributed by atoms with van der Waals surface area (Å²) < 4.78 is 0. The molecule has 6 nitrogen and oxygen atoms in total. The molecule has 4 aliphatic rings. The molecule has 2 aromatic rings.